The fraction of sp³-hybridized carbons (Fsp3) is 0.391. The standard InChI is InChI=1S/C12H16O.C11H14O/c1-4-11-7-5-6-9(2)12(11)8-10(3)13;1-3-10-6-4-5-7-11(10)8-9(2)12/h5-7H,4,8H2,1-3H3;4-7H,3,8H2,1-2H3. The van der Waals surface area contributed by atoms with Crippen molar-refractivity contribution in [1.82, 2.24) is 0 Å². The molecule has 2 heteroatoms. The van der Waals surface area contributed by atoms with Crippen molar-refractivity contribution < 1.29 is 9.59 Å². The number of carbonyl (C=O) groups excluding carboxylic acids is 2. The summed E-state index contributed by atoms with van der Waals surface area (Å²) in [7, 11) is 0. The molecule has 0 saturated heterocycles. The highest BCUT2D eigenvalue weighted by molar-refractivity contribution is 5.79. The Hall–Kier alpha value is -2.22. The second-order valence-corrected chi connectivity index (χ2v) is 6.45. The molecule has 0 saturated carbocycles. The molecule has 0 unspecified atom stereocenters. The van der Waals surface area contributed by atoms with E-state index < -0.39 is 0 Å². The molecule has 2 aromatic rings. The molecule has 0 heterocycles. The van der Waals surface area contributed by atoms with E-state index in [1.165, 1.54) is 27.8 Å². The van der Waals surface area contributed by atoms with E-state index in [1.54, 1.807) is 13.8 Å². The monoisotopic (exact) mass is 338 g/mol. The van der Waals surface area contributed by atoms with Gasteiger partial charge in [-0.3, -0.25) is 9.59 Å². The largest absolute Gasteiger partial charge is 0.300 e. The third-order valence-corrected chi connectivity index (χ3v) is 4.25. The third kappa shape index (κ3) is 7.04. The van der Waals surface area contributed by atoms with E-state index in [0.717, 1.165) is 12.8 Å². The van der Waals surface area contributed by atoms with Gasteiger partial charge in [-0.25, -0.2) is 0 Å². The van der Waals surface area contributed by atoms with Crippen LogP contribution in [0.3, 0.4) is 0 Å². The van der Waals surface area contributed by atoms with Gasteiger partial charge in [-0.1, -0.05) is 56.3 Å². The van der Waals surface area contributed by atoms with Gasteiger partial charge in [-0.05, 0) is 61.4 Å². The first-order chi connectivity index (χ1) is 11.9. The van der Waals surface area contributed by atoms with Crippen LogP contribution in [0.5, 0.6) is 0 Å². The van der Waals surface area contributed by atoms with E-state index in [0.29, 0.717) is 12.8 Å². The summed E-state index contributed by atoms with van der Waals surface area (Å²) in [5, 5.41) is 0. The molecule has 2 nitrogen and oxygen atoms in total. The maximum absolute atomic E-state index is 11.0. The van der Waals surface area contributed by atoms with Crippen molar-refractivity contribution in [2.24, 2.45) is 0 Å². The maximum atomic E-state index is 11.0. The lowest BCUT2D eigenvalue weighted by molar-refractivity contribution is -0.117. The summed E-state index contributed by atoms with van der Waals surface area (Å²) in [6.07, 6.45) is 3.16. The Bertz CT molecular complexity index is 714. The zero-order valence-electron chi connectivity index (χ0n) is 16.2. The molecule has 0 radical (unpaired) electrons. The normalized spacial score (nSPS) is 9.96. The molecule has 134 valence electrons. The number of hydrogen-bond donors (Lipinski definition) is 0. The van der Waals surface area contributed by atoms with Gasteiger partial charge in [0.2, 0.25) is 0 Å². The highest BCUT2D eigenvalue weighted by atomic mass is 16.1. The first-order valence-corrected chi connectivity index (χ1v) is 9.02. The predicted octanol–water partition coefficient (Wildman–Crippen LogP) is 5.07. The molecule has 25 heavy (non-hydrogen) atoms. The Labute approximate surface area is 152 Å². The van der Waals surface area contributed by atoms with Crippen LogP contribution in [-0.2, 0) is 35.3 Å². The molecule has 0 aliphatic carbocycles. The first kappa shape index (κ1) is 20.8. The van der Waals surface area contributed by atoms with Crippen LogP contribution < -0.4 is 0 Å². The van der Waals surface area contributed by atoms with Crippen molar-refractivity contribution in [3.05, 3.63) is 70.3 Å². The van der Waals surface area contributed by atoms with Gasteiger partial charge in [-0.15, -0.1) is 0 Å². The number of carbonyl (C=O) groups is 2. The summed E-state index contributed by atoms with van der Waals surface area (Å²) in [5.41, 5.74) is 6.21. The molecule has 0 bridgehead atoms. The second-order valence-electron chi connectivity index (χ2n) is 6.45. The molecular formula is C23H30O2. The number of benzene rings is 2. The summed E-state index contributed by atoms with van der Waals surface area (Å²) in [4.78, 5) is 21.9. The van der Waals surface area contributed by atoms with Crippen LogP contribution in [0.2, 0.25) is 0 Å². The van der Waals surface area contributed by atoms with Crippen LogP contribution in [0.25, 0.3) is 0 Å². The first-order valence-electron chi connectivity index (χ1n) is 9.02. The van der Waals surface area contributed by atoms with Crippen LogP contribution in [0.4, 0.5) is 0 Å². The summed E-state index contributed by atoms with van der Waals surface area (Å²) in [5.74, 6) is 0.472. The van der Waals surface area contributed by atoms with Gasteiger partial charge in [0.1, 0.15) is 11.6 Å². The smallest absolute Gasteiger partial charge is 0.134 e. The maximum Gasteiger partial charge on any atom is 0.134 e. The molecule has 0 atom stereocenters. The highest BCUT2D eigenvalue weighted by Crippen LogP contribution is 2.15. The second kappa shape index (κ2) is 10.6. The fourth-order valence-corrected chi connectivity index (χ4v) is 2.94. The van der Waals surface area contributed by atoms with Gasteiger partial charge in [-0.2, -0.15) is 0 Å². The Kier molecular flexibility index (Phi) is 8.83. The molecule has 0 spiro atoms. The molecular weight excluding hydrogens is 308 g/mol. The SMILES string of the molecule is CCc1cccc(C)c1CC(C)=O.CCc1ccccc1CC(C)=O. The van der Waals surface area contributed by atoms with Gasteiger partial charge >= 0.3 is 0 Å². The minimum Gasteiger partial charge on any atom is -0.300 e. The number of hydrogen-bond acceptors (Lipinski definition) is 2. The molecule has 0 aliphatic heterocycles. The van der Waals surface area contributed by atoms with E-state index in [1.807, 2.05) is 18.2 Å². The fourth-order valence-electron chi connectivity index (χ4n) is 2.94. The molecule has 0 aliphatic rings. The van der Waals surface area contributed by atoms with Gasteiger partial charge in [0, 0.05) is 12.8 Å². The van der Waals surface area contributed by atoms with Gasteiger partial charge in [0.15, 0.2) is 0 Å². The molecule has 0 N–H and O–H groups in total. The van der Waals surface area contributed by atoms with Crippen LogP contribution in [-0.4, -0.2) is 11.6 Å². The van der Waals surface area contributed by atoms with Crippen LogP contribution in [0.1, 0.15) is 55.5 Å². The molecule has 0 aromatic heterocycles. The Balaban J connectivity index is 0.000000251. The molecule has 2 aromatic carbocycles. The number of ketones is 2. The minimum absolute atomic E-state index is 0.232. The molecule has 0 amide bonds. The lowest BCUT2D eigenvalue weighted by Gasteiger charge is -2.09. The van der Waals surface area contributed by atoms with E-state index in [2.05, 4.69) is 45.0 Å². The summed E-state index contributed by atoms with van der Waals surface area (Å²) < 4.78 is 0. The molecule has 0 fully saturated rings. The lowest BCUT2D eigenvalue weighted by Crippen LogP contribution is -2.02. The highest BCUT2D eigenvalue weighted by Gasteiger charge is 2.05. The van der Waals surface area contributed by atoms with Crippen LogP contribution in [0.15, 0.2) is 42.5 Å². The van der Waals surface area contributed by atoms with E-state index in [9.17, 15) is 9.59 Å². The van der Waals surface area contributed by atoms with Crippen LogP contribution in [0, 0.1) is 6.92 Å². The summed E-state index contributed by atoms with van der Waals surface area (Å²) in [6, 6.07) is 14.3. The Morgan fingerprint density at radius 3 is 1.76 bits per heavy atom. The zero-order chi connectivity index (χ0) is 18.8. The summed E-state index contributed by atoms with van der Waals surface area (Å²) in [6.45, 7) is 9.58. The van der Waals surface area contributed by atoms with E-state index >= 15 is 0 Å². The number of Topliss-reactive ketones (excluding diaryl/α,β-unsaturated/α-hetero) is 2. The number of aryl methyl sites for hydroxylation is 3. The Morgan fingerprint density at radius 1 is 0.720 bits per heavy atom. The minimum atomic E-state index is 0.232. The van der Waals surface area contributed by atoms with Crippen molar-refractivity contribution in [2.75, 3.05) is 0 Å². The van der Waals surface area contributed by atoms with Crippen molar-refractivity contribution in [2.45, 2.75) is 60.3 Å². The van der Waals surface area contributed by atoms with Gasteiger partial charge in [0.05, 0.1) is 0 Å². The van der Waals surface area contributed by atoms with Crippen molar-refractivity contribution >= 4 is 11.6 Å². The van der Waals surface area contributed by atoms with Crippen molar-refractivity contribution in [3.63, 3.8) is 0 Å². The van der Waals surface area contributed by atoms with Crippen molar-refractivity contribution in [1.29, 1.82) is 0 Å². The van der Waals surface area contributed by atoms with Gasteiger partial charge in [0.25, 0.3) is 0 Å². The predicted molar refractivity (Wildman–Crippen MR) is 105 cm³/mol. The Morgan fingerprint density at radius 2 is 1.24 bits per heavy atom. The number of rotatable bonds is 6. The third-order valence-electron chi connectivity index (χ3n) is 4.25. The zero-order valence-corrected chi connectivity index (χ0v) is 16.2. The van der Waals surface area contributed by atoms with E-state index in [-0.39, 0.29) is 11.6 Å². The topological polar surface area (TPSA) is 34.1 Å². The quantitative estimate of drug-likeness (QED) is 0.737. The van der Waals surface area contributed by atoms with E-state index in [4.69, 9.17) is 0 Å². The van der Waals surface area contributed by atoms with Gasteiger partial charge < -0.3 is 0 Å². The van der Waals surface area contributed by atoms with Crippen molar-refractivity contribution in [3.8, 4) is 0 Å². The lowest BCUT2D eigenvalue weighted by atomic mass is 9.96. The average molecular weight is 338 g/mol. The molecule has 2 rings (SSSR count). The summed E-state index contributed by atoms with van der Waals surface area (Å²) >= 11 is 0. The van der Waals surface area contributed by atoms with Crippen LogP contribution >= 0.6 is 0 Å². The average Bonchev–Trinajstić information content (AvgIpc) is 2.57.